The van der Waals surface area contributed by atoms with Crippen molar-refractivity contribution in [1.82, 2.24) is 5.32 Å². The molecule has 0 saturated carbocycles. The zero-order valence-electron chi connectivity index (χ0n) is 10.5. The van der Waals surface area contributed by atoms with Crippen molar-refractivity contribution in [3.8, 4) is 5.75 Å². The van der Waals surface area contributed by atoms with Crippen molar-refractivity contribution in [3.05, 3.63) is 28.8 Å². The monoisotopic (exact) mass is 275 g/mol. The van der Waals surface area contributed by atoms with Crippen LogP contribution in [0.5, 0.6) is 5.75 Å². The van der Waals surface area contributed by atoms with Gasteiger partial charge in [-0.25, -0.2) is 0 Å². The van der Waals surface area contributed by atoms with Crippen LogP contribution in [0.4, 0.5) is 0 Å². The third kappa shape index (κ3) is 5.15. The second-order valence-corrected chi connectivity index (χ2v) is 5.44. The summed E-state index contributed by atoms with van der Waals surface area (Å²) in [6.45, 7) is 4.85. The maximum atomic E-state index is 5.97. The topological polar surface area (TPSA) is 21.3 Å². The predicted molar refractivity (Wildman–Crippen MR) is 74.2 cm³/mol. The van der Waals surface area contributed by atoms with Crippen LogP contribution in [-0.4, -0.2) is 18.5 Å². The molecule has 1 aromatic carbocycles. The lowest BCUT2D eigenvalue weighted by molar-refractivity contribution is 0.404. The number of alkyl halides is 1. The lowest BCUT2D eigenvalue weighted by Gasteiger charge is -2.16. The molecule has 0 spiro atoms. The van der Waals surface area contributed by atoms with Gasteiger partial charge >= 0.3 is 0 Å². The van der Waals surface area contributed by atoms with E-state index in [2.05, 4.69) is 12.2 Å². The van der Waals surface area contributed by atoms with E-state index in [1.807, 2.05) is 25.1 Å². The molecule has 2 atom stereocenters. The number of hydrogen-bond donors (Lipinski definition) is 1. The molecule has 0 bridgehead atoms. The summed E-state index contributed by atoms with van der Waals surface area (Å²) in [5.74, 6) is 0.855. The molecule has 1 aromatic rings. The molecule has 0 amide bonds. The lowest BCUT2D eigenvalue weighted by atomic mass is 10.1. The van der Waals surface area contributed by atoms with Gasteiger partial charge in [-0.05, 0) is 38.5 Å². The van der Waals surface area contributed by atoms with Gasteiger partial charge in [-0.1, -0.05) is 11.6 Å². The third-order valence-corrected chi connectivity index (χ3v) is 2.98. The van der Waals surface area contributed by atoms with Crippen molar-refractivity contribution in [2.75, 3.05) is 7.11 Å². The van der Waals surface area contributed by atoms with Crippen LogP contribution in [0.3, 0.4) is 0 Å². The molecule has 1 N–H and O–H groups in total. The van der Waals surface area contributed by atoms with Crippen LogP contribution in [0.25, 0.3) is 0 Å². The second kappa shape index (κ2) is 7.10. The van der Waals surface area contributed by atoms with Crippen molar-refractivity contribution in [1.29, 1.82) is 0 Å². The standard InChI is InChI=1S/C13H19Cl2NO/c1-9(14)6-10(2)16-8-11-7-12(15)4-5-13(11)17-3/h4-5,7,9-10,16H,6,8H2,1-3H3. The highest BCUT2D eigenvalue weighted by Crippen LogP contribution is 2.22. The molecule has 0 saturated heterocycles. The first-order chi connectivity index (χ1) is 8.02. The smallest absolute Gasteiger partial charge is 0.123 e. The Morgan fingerprint density at radius 3 is 2.65 bits per heavy atom. The number of halogens is 2. The maximum Gasteiger partial charge on any atom is 0.123 e. The first kappa shape index (κ1) is 14.6. The van der Waals surface area contributed by atoms with E-state index in [-0.39, 0.29) is 5.38 Å². The van der Waals surface area contributed by atoms with Gasteiger partial charge in [-0.3, -0.25) is 0 Å². The second-order valence-electron chi connectivity index (χ2n) is 4.25. The Balaban J connectivity index is 2.58. The van der Waals surface area contributed by atoms with Crippen LogP contribution in [0.2, 0.25) is 5.02 Å². The minimum Gasteiger partial charge on any atom is -0.496 e. The number of rotatable bonds is 6. The van der Waals surface area contributed by atoms with Crippen LogP contribution in [0.1, 0.15) is 25.8 Å². The summed E-state index contributed by atoms with van der Waals surface area (Å²) < 4.78 is 5.29. The van der Waals surface area contributed by atoms with E-state index in [0.717, 1.165) is 29.3 Å². The molecule has 0 aromatic heterocycles. The number of nitrogens with one attached hydrogen (secondary N) is 1. The Morgan fingerprint density at radius 1 is 1.35 bits per heavy atom. The highest BCUT2D eigenvalue weighted by molar-refractivity contribution is 6.30. The molecule has 0 aliphatic heterocycles. The number of methoxy groups -OCH3 is 1. The molecule has 0 aliphatic carbocycles. The van der Waals surface area contributed by atoms with Gasteiger partial charge in [0.05, 0.1) is 7.11 Å². The molecule has 0 radical (unpaired) electrons. The molecule has 0 fully saturated rings. The van der Waals surface area contributed by atoms with Crippen molar-refractivity contribution >= 4 is 23.2 Å². The molecule has 2 unspecified atom stereocenters. The molecule has 0 heterocycles. The van der Waals surface area contributed by atoms with E-state index in [1.54, 1.807) is 7.11 Å². The zero-order chi connectivity index (χ0) is 12.8. The third-order valence-electron chi connectivity index (χ3n) is 2.56. The van der Waals surface area contributed by atoms with Crippen molar-refractivity contribution in [2.24, 2.45) is 0 Å². The van der Waals surface area contributed by atoms with Gasteiger partial charge in [0, 0.05) is 28.5 Å². The largest absolute Gasteiger partial charge is 0.496 e. The van der Waals surface area contributed by atoms with E-state index < -0.39 is 0 Å². The van der Waals surface area contributed by atoms with E-state index in [1.165, 1.54) is 0 Å². The summed E-state index contributed by atoms with van der Waals surface area (Å²) in [7, 11) is 1.66. The highest BCUT2D eigenvalue weighted by atomic mass is 35.5. The molecule has 0 aliphatic rings. The minimum absolute atomic E-state index is 0.179. The van der Waals surface area contributed by atoms with E-state index in [4.69, 9.17) is 27.9 Å². The molecule has 17 heavy (non-hydrogen) atoms. The highest BCUT2D eigenvalue weighted by Gasteiger charge is 2.08. The normalized spacial score (nSPS) is 14.4. The van der Waals surface area contributed by atoms with Gasteiger partial charge in [0.1, 0.15) is 5.75 Å². The quantitative estimate of drug-likeness (QED) is 0.797. The van der Waals surface area contributed by atoms with Crippen molar-refractivity contribution in [3.63, 3.8) is 0 Å². The van der Waals surface area contributed by atoms with Crippen molar-refractivity contribution in [2.45, 2.75) is 38.2 Å². The molecular formula is C13H19Cl2NO. The predicted octanol–water partition coefficient (Wildman–Crippen LogP) is 3.84. The first-order valence-electron chi connectivity index (χ1n) is 5.72. The summed E-state index contributed by atoms with van der Waals surface area (Å²) in [5.41, 5.74) is 1.06. The fourth-order valence-electron chi connectivity index (χ4n) is 1.74. The van der Waals surface area contributed by atoms with E-state index >= 15 is 0 Å². The fraction of sp³-hybridized carbons (Fsp3) is 0.538. The number of ether oxygens (including phenoxy) is 1. The Morgan fingerprint density at radius 2 is 2.06 bits per heavy atom. The maximum absolute atomic E-state index is 5.97. The van der Waals surface area contributed by atoms with Crippen LogP contribution >= 0.6 is 23.2 Å². The Labute approximate surface area is 113 Å². The average molecular weight is 276 g/mol. The van der Waals surface area contributed by atoms with Gasteiger partial charge in [0.2, 0.25) is 0 Å². The minimum atomic E-state index is 0.179. The summed E-state index contributed by atoms with van der Waals surface area (Å²) >= 11 is 11.9. The van der Waals surface area contributed by atoms with Crippen LogP contribution < -0.4 is 10.1 Å². The van der Waals surface area contributed by atoms with Gasteiger partial charge < -0.3 is 10.1 Å². The van der Waals surface area contributed by atoms with Crippen molar-refractivity contribution < 1.29 is 4.74 Å². The van der Waals surface area contributed by atoms with Gasteiger partial charge in [0.25, 0.3) is 0 Å². The van der Waals surface area contributed by atoms with E-state index in [9.17, 15) is 0 Å². The van der Waals surface area contributed by atoms with Gasteiger partial charge in [-0.15, -0.1) is 11.6 Å². The Bertz CT molecular complexity index is 355. The summed E-state index contributed by atoms with van der Waals surface area (Å²) in [6, 6.07) is 6.00. The fourth-order valence-corrected chi connectivity index (χ4v) is 2.20. The SMILES string of the molecule is COc1ccc(Cl)cc1CNC(C)CC(C)Cl. The lowest BCUT2D eigenvalue weighted by Crippen LogP contribution is -2.27. The van der Waals surface area contributed by atoms with E-state index in [0.29, 0.717) is 6.04 Å². The molecular weight excluding hydrogens is 257 g/mol. The van der Waals surface area contributed by atoms with Gasteiger partial charge in [-0.2, -0.15) is 0 Å². The van der Waals surface area contributed by atoms with Crippen LogP contribution in [0.15, 0.2) is 18.2 Å². The molecule has 1 rings (SSSR count). The van der Waals surface area contributed by atoms with Gasteiger partial charge in [0.15, 0.2) is 0 Å². The summed E-state index contributed by atoms with van der Waals surface area (Å²) in [6.07, 6.45) is 0.935. The number of hydrogen-bond acceptors (Lipinski definition) is 2. The first-order valence-corrected chi connectivity index (χ1v) is 6.54. The Hall–Kier alpha value is -0.440. The average Bonchev–Trinajstić information content (AvgIpc) is 2.25. The molecule has 2 nitrogen and oxygen atoms in total. The molecule has 96 valence electrons. The summed E-state index contributed by atoms with van der Waals surface area (Å²) in [4.78, 5) is 0. The zero-order valence-corrected chi connectivity index (χ0v) is 12.0. The number of benzene rings is 1. The summed E-state index contributed by atoms with van der Waals surface area (Å²) in [5, 5.41) is 4.31. The molecule has 4 heteroatoms. The van der Waals surface area contributed by atoms with Crippen LogP contribution in [-0.2, 0) is 6.54 Å². The Kier molecular flexibility index (Phi) is 6.10. The van der Waals surface area contributed by atoms with Crippen LogP contribution in [0, 0.1) is 0 Å².